The Morgan fingerprint density at radius 3 is 2.74 bits per heavy atom. The molecule has 27 heavy (non-hydrogen) atoms. The molecule has 0 aliphatic carbocycles. The van der Waals surface area contributed by atoms with Crippen LogP contribution < -0.4 is 10.6 Å². The molecule has 140 valence electrons. The summed E-state index contributed by atoms with van der Waals surface area (Å²) in [6.07, 6.45) is 3.93. The Morgan fingerprint density at radius 2 is 2.00 bits per heavy atom. The minimum atomic E-state index is -1.16. The molecule has 1 aromatic carbocycles. The van der Waals surface area contributed by atoms with Gasteiger partial charge in [0, 0.05) is 17.8 Å². The van der Waals surface area contributed by atoms with Gasteiger partial charge in [-0.2, -0.15) is 0 Å². The molecule has 4 saturated heterocycles. The minimum absolute atomic E-state index is 0.0390. The molecule has 2 amide bonds. The molecule has 6 nitrogen and oxygen atoms in total. The van der Waals surface area contributed by atoms with Gasteiger partial charge in [0.1, 0.15) is 11.1 Å². The van der Waals surface area contributed by atoms with Crippen molar-refractivity contribution in [2.75, 3.05) is 11.9 Å². The van der Waals surface area contributed by atoms with Crippen molar-refractivity contribution >= 4 is 23.3 Å². The normalized spacial score (nSPS) is 35.5. The van der Waals surface area contributed by atoms with Crippen molar-refractivity contribution in [3.8, 4) is 0 Å². The summed E-state index contributed by atoms with van der Waals surface area (Å²) in [7, 11) is 0. The monoisotopic (exact) mass is 365 g/mol. The van der Waals surface area contributed by atoms with Gasteiger partial charge >= 0.3 is 0 Å². The summed E-state index contributed by atoms with van der Waals surface area (Å²) < 4.78 is 0. The van der Waals surface area contributed by atoms with Gasteiger partial charge < -0.3 is 15.5 Å². The number of ketones is 1. The number of hydrogen-bond acceptors (Lipinski definition) is 4. The van der Waals surface area contributed by atoms with Crippen molar-refractivity contribution in [2.24, 2.45) is 11.8 Å². The fraction of sp³-hybridized carbons (Fsp3) is 0.476. The van der Waals surface area contributed by atoms with Crippen LogP contribution in [0.3, 0.4) is 0 Å². The maximum Gasteiger partial charge on any atom is 0.253 e. The first kappa shape index (κ1) is 16.5. The van der Waals surface area contributed by atoms with Crippen LogP contribution in [0.15, 0.2) is 36.0 Å². The second kappa shape index (κ2) is 5.21. The van der Waals surface area contributed by atoms with Gasteiger partial charge in [0.05, 0.1) is 5.70 Å². The molecule has 0 aromatic heterocycles. The van der Waals surface area contributed by atoms with Gasteiger partial charge in [-0.05, 0) is 49.3 Å². The van der Waals surface area contributed by atoms with Crippen molar-refractivity contribution < 1.29 is 14.4 Å². The van der Waals surface area contributed by atoms with Crippen molar-refractivity contribution in [3.05, 3.63) is 41.6 Å². The van der Waals surface area contributed by atoms with Gasteiger partial charge in [-0.25, -0.2) is 0 Å². The number of hydrogen-bond donors (Lipinski definition) is 2. The zero-order valence-corrected chi connectivity index (χ0v) is 15.5. The average molecular weight is 365 g/mol. The fourth-order valence-corrected chi connectivity index (χ4v) is 5.51. The highest BCUT2D eigenvalue weighted by Crippen LogP contribution is 2.52. The van der Waals surface area contributed by atoms with Crippen LogP contribution in [0, 0.1) is 11.8 Å². The van der Waals surface area contributed by atoms with E-state index in [9.17, 15) is 14.4 Å². The first-order valence-electron chi connectivity index (χ1n) is 9.67. The Labute approximate surface area is 158 Å². The Hall–Kier alpha value is -2.63. The molecule has 0 saturated carbocycles. The number of piperazine rings is 1. The van der Waals surface area contributed by atoms with E-state index in [4.69, 9.17) is 0 Å². The number of rotatable bonds is 2. The number of benzene rings is 1. The molecular weight excluding hydrogens is 342 g/mol. The number of carbonyl (C=O) groups excluding carboxylic acids is 3. The summed E-state index contributed by atoms with van der Waals surface area (Å²) in [5, 5.41) is 6.20. The Kier molecular flexibility index (Phi) is 3.19. The lowest BCUT2D eigenvalue weighted by Gasteiger charge is -2.59. The second-order valence-corrected chi connectivity index (χ2v) is 8.53. The third-order valence-electron chi connectivity index (χ3n) is 6.84. The van der Waals surface area contributed by atoms with Crippen molar-refractivity contribution in [3.63, 3.8) is 0 Å². The molecule has 4 fully saturated rings. The van der Waals surface area contributed by atoms with Crippen LogP contribution in [0.2, 0.25) is 0 Å². The number of nitrogens with one attached hydrogen (secondary N) is 2. The van der Waals surface area contributed by atoms with Crippen molar-refractivity contribution in [2.45, 2.75) is 44.2 Å². The minimum Gasteiger partial charge on any atom is -0.352 e. The zero-order chi connectivity index (χ0) is 19.0. The number of allylic oxidation sites excluding steroid dienone is 1. The fourth-order valence-electron chi connectivity index (χ4n) is 5.51. The van der Waals surface area contributed by atoms with E-state index < -0.39 is 11.1 Å². The number of carbonyl (C=O) groups is 3. The van der Waals surface area contributed by atoms with Crippen LogP contribution in [0.4, 0.5) is 5.69 Å². The van der Waals surface area contributed by atoms with Crippen LogP contribution in [0.1, 0.15) is 43.5 Å². The molecule has 6 rings (SSSR count). The van der Waals surface area contributed by atoms with Gasteiger partial charge in [-0.3, -0.25) is 14.4 Å². The number of para-hydroxylation sites is 1. The lowest BCUT2D eigenvalue weighted by molar-refractivity contribution is -0.172. The molecule has 2 bridgehead atoms. The van der Waals surface area contributed by atoms with Gasteiger partial charge in [-0.1, -0.05) is 26.0 Å². The maximum absolute atomic E-state index is 13.5. The van der Waals surface area contributed by atoms with Crippen LogP contribution in [0.5, 0.6) is 0 Å². The van der Waals surface area contributed by atoms with E-state index in [1.54, 1.807) is 17.0 Å². The highest BCUT2D eigenvalue weighted by Gasteiger charge is 2.68. The molecular formula is C21H23N3O3. The smallest absolute Gasteiger partial charge is 0.253 e. The van der Waals surface area contributed by atoms with Gasteiger partial charge in [0.2, 0.25) is 11.7 Å². The molecule has 5 heterocycles. The summed E-state index contributed by atoms with van der Waals surface area (Å²) in [4.78, 5) is 41.2. The standard InChI is InChI=1S/C21H23N3O3/c1-12(2)14-10-20-8-5-9-24(20)19(27)21(14,23-18(20)26)11-16-17(25)13-6-3-4-7-15(13)22-16/h3-4,6-7,11-12,14,22H,5,8-10H2,1-2H3,(H,23,26)/t14-,20+,21+/m0/s1. The zero-order valence-electron chi connectivity index (χ0n) is 15.5. The summed E-state index contributed by atoms with van der Waals surface area (Å²) in [5.74, 6) is -0.111. The first-order valence-corrected chi connectivity index (χ1v) is 9.67. The molecule has 5 aliphatic heterocycles. The van der Waals surface area contributed by atoms with E-state index in [0.29, 0.717) is 24.2 Å². The summed E-state index contributed by atoms with van der Waals surface area (Å²) in [6.45, 7) is 4.78. The molecule has 6 heteroatoms. The molecule has 1 spiro atoms. The van der Waals surface area contributed by atoms with Gasteiger partial charge in [0.25, 0.3) is 5.91 Å². The van der Waals surface area contributed by atoms with Crippen LogP contribution in [0.25, 0.3) is 0 Å². The summed E-state index contributed by atoms with van der Waals surface area (Å²) >= 11 is 0. The molecule has 3 atom stereocenters. The molecule has 1 aromatic rings. The Bertz CT molecular complexity index is 921. The number of anilines is 1. The number of Topliss-reactive ketones (excluding diaryl/α,β-unsaturated/α-hetero) is 1. The van der Waals surface area contributed by atoms with E-state index in [-0.39, 0.29) is 29.4 Å². The van der Waals surface area contributed by atoms with Gasteiger partial charge in [-0.15, -0.1) is 0 Å². The number of piperidine rings is 2. The third kappa shape index (κ3) is 1.93. The van der Waals surface area contributed by atoms with E-state index >= 15 is 0 Å². The second-order valence-electron chi connectivity index (χ2n) is 8.53. The molecule has 2 N–H and O–H groups in total. The SMILES string of the molecule is CC(C)[C@@H]1C[C@@]23CCCN2C(=O)[C@]1(C=C1Nc2ccccc2C1=O)NC3=O. The molecule has 5 aliphatic rings. The number of nitrogens with zero attached hydrogens (tertiary/aromatic N) is 1. The Morgan fingerprint density at radius 1 is 1.22 bits per heavy atom. The highest BCUT2D eigenvalue weighted by molar-refractivity contribution is 6.19. The Balaban J connectivity index is 1.64. The topological polar surface area (TPSA) is 78.5 Å². The van der Waals surface area contributed by atoms with E-state index in [2.05, 4.69) is 24.5 Å². The predicted octanol–water partition coefficient (Wildman–Crippen LogP) is 2.08. The first-order chi connectivity index (χ1) is 12.9. The van der Waals surface area contributed by atoms with E-state index in [1.165, 1.54) is 0 Å². The number of fused-ring (bicyclic) bond motifs is 3. The quantitative estimate of drug-likeness (QED) is 0.787. The predicted molar refractivity (Wildman–Crippen MR) is 100.0 cm³/mol. The number of amides is 2. The van der Waals surface area contributed by atoms with Gasteiger partial charge in [0.15, 0.2) is 0 Å². The average Bonchev–Trinajstić information content (AvgIpc) is 3.20. The van der Waals surface area contributed by atoms with E-state index in [1.807, 2.05) is 18.2 Å². The highest BCUT2D eigenvalue weighted by atomic mass is 16.2. The lowest BCUT2D eigenvalue weighted by atomic mass is 9.61. The largest absolute Gasteiger partial charge is 0.352 e. The van der Waals surface area contributed by atoms with E-state index in [0.717, 1.165) is 18.5 Å². The van der Waals surface area contributed by atoms with Crippen LogP contribution in [-0.2, 0) is 9.59 Å². The summed E-state index contributed by atoms with van der Waals surface area (Å²) in [6, 6.07) is 7.31. The summed E-state index contributed by atoms with van der Waals surface area (Å²) in [5.41, 5.74) is -0.127. The molecule has 0 radical (unpaired) electrons. The van der Waals surface area contributed by atoms with Crippen molar-refractivity contribution in [1.29, 1.82) is 0 Å². The third-order valence-corrected chi connectivity index (χ3v) is 6.84. The molecule has 0 unspecified atom stereocenters. The van der Waals surface area contributed by atoms with Crippen LogP contribution >= 0.6 is 0 Å². The lowest BCUT2D eigenvalue weighted by Crippen LogP contribution is -2.81. The van der Waals surface area contributed by atoms with Crippen LogP contribution in [-0.4, -0.2) is 40.1 Å². The maximum atomic E-state index is 13.5. The van der Waals surface area contributed by atoms with Crippen molar-refractivity contribution in [1.82, 2.24) is 10.2 Å².